The van der Waals surface area contributed by atoms with Crippen molar-refractivity contribution < 1.29 is 14.5 Å². The van der Waals surface area contributed by atoms with E-state index >= 15 is 0 Å². The van der Waals surface area contributed by atoms with E-state index in [-0.39, 0.29) is 22.5 Å². The van der Waals surface area contributed by atoms with Gasteiger partial charge < -0.3 is 9.30 Å². The average molecular weight is 491 g/mol. The maximum Gasteiger partial charge on any atom is 0.311 e. The normalized spacial score (nSPS) is 11.5. The van der Waals surface area contributed by atoms with Gasteiger partial charge in [0.2, 0.25) is 0 Å². The molecule has 0 bridgehead atoms. The molecule has 0 saturated carbocycles. The Morgan fingerprint density at radius 2 is 1.86 bits per heavy atom. The van der Waals surface area contributed by atoms with Crippen molar-refractivity contribution in [3.63, 3.8) is 0 Å². The maximum atomic E-state index is 12.6. The van der Waals surface area contributed by atoms with Crippen molar-refractivity contribution in [3.05, 3.63) is 75.8 Å². The molecule has 1 heterocycles. The first-order valence-corrected chi connectivity index (χ1v) is 13.1. The first kappa shape index (κ1) is 24.8. The van der Waals surface area contributed by atoms with Gasteiger partial charge in [0, 0.05) is 41.4 Å². The molecule has 6 nitrogen and oxygen atoms in total. The molecule has 0 aliphatic heterocycles. The SMILES string of the molecule is CCCc1cc(OC(=O)CC(C)C)c(SC)c2c1c1ccccc1n2Cc1ccc([N+](=O)[O-])cc1. The van der Waals surface area contributed by atoms with Crippen molar-refractivity contribution in [2.24, 2.45) is 5.92 Å². The molecule has 0 amide bonds. The van der Waals surface area contributed by atoms with Crippen LogP contribution < -0.4 is 4.74 Å². The number of non-ortho nitro benzene ring substituents is 1. The lowest BCUT2D eigenvalue weighted by molar-refractivity contribution is -0.384. The van der Waals surface area contributed by atoms with E-state index in [4.69, 9.17) is 4.74 Å². The lowest BCUT2D eigenvalue weighted by Gasteiger charge is -2.16. The van der Waals surface area contributed by atoms with Gasteiger partial charge in [-0.05, 0) is 41.9 Å². The number of para-hydroxylation sites is 1. The highest BCUT2D eigenvalue weighted by molar-refractivity contribution is 7.99. The molecule has 182 valence electrons. The van der Waals surface area contributed by atoms with Gasteiger partial charge in [-0.25, -0.2) is 0 Å². The van der Waals surface area contributed by atoms with Crippen LogP contribution in [0.5, 0.6) is 5.75 Å². The quantitative estimate of drug-likeness (QED) is 0.0804. The minimum atomic E-state index is -0.384. The zero-order valence-corrected chi connectivity index (χ0v) is 21.4. The number of hydrogen-bond acceptors (Lipinski definition) is 5. The number of thioether (sulfide) groups is 1. The third-order valence-electron chi connectivity index (χ3n) is 6.05. The van der Waals surface area contributed by atoms with Crippen LogP contribution >= 0.6 is 11.8 Å². The number of nitro benzene ring substituents is 1. The Kier molecular flexibility index (Phi) is 7.45. The number of rotatable bonds is 9. The zero-order chi connectivity index (χ0) is 25.1. The van der Waals surface area contributed by atoms with Gasteiger partial charge >= 0.3 is 5.97 Å². The lowest BCUT2D eigenvalue weighted by atomic mass is 10.0. The van der Waals surface area contributed by atoms with E-state index in [1.165, 1.54) is 5.39 Å². The molecule has 7 heteroatoms. The molecular weight excluding hydrogens is 460 g/mol. The van der Waals surface area contributed by atoms with Crippen LogP contribution in [0.2, 0.25) is 0 Å². The number of esters is 1. The summed E-state index contributed by atoms with van der Waals surface area (Å²) < 4.78 is 8.18. The Labute approximate surface area is 209 Å². The fourth-order valence-corrected chi connectivity index (χ4v) is 5.29. The van der Waals surface area contributed by atoms with Crippen LogP contribution in [-0.4, -0.2) is 21.7 Å². The van der Waals surface area contributed by atoms with Crippen molar-refractivity contribution in [2.45, 2.75) is 51.5 Å². The summed E-state index contributed by atoms with van der Waals surface area (Å²) in [5, 5.41) is 13.4. The molecule has 4 rings (SSSR count). The maximum absolute atomic E-state index is 12.6. The minimum Gasteiger partial charge on any atom is -0.425 e. The fraction of sp³-hybridized carbons (Fsp3) is 0.321. The summed E-state index contributed by atoms with van der Waals surface area (Å²) in [5.74, 6) is 0.592. The summed E-state index contributed by atoms with van der Waals surface area (Å²) in [5.41, 5.74) is 4.32. The molecule has 0 atom stereocenters. The van der Waals surface area contributed by atoms with Gasteiger partial charge in [-0.15, -0.1) is 11.8 Å². The molecule has 1 aromatic heterocycles. The highest BCUT2D eigenvalue weighted by Gasteiger charge is 2.22. The predicted octanol–water partition coefficient (Wildman–Crippen LogP) is 7.38. The summed E-state index contributed by atoms with van der Waals surface area (Å²) >= 11 is 1.57. The molecule has 0 spiro atoms. The standard InChI is InChI=1S/C28H30N2O4S/c1-5-8-20-16-24(34-25(31)15-18(2)3)28(35-4)27-26(20)22-9-6-7-10-23(22)29(27)17-19-11-13-21(14-12-19)30(32)33/h6-7,9-14,16,18H,5,8,15,17H2,1-4H3. The summed E-state index contributed by atoms with van der Waals surface area (Å²) in [6.45, 7) is 6.70. The monoisotopic (exact) mass is 490 g/mol. The van der Waals surface area contributed by atoms with E-state index in [1.54, 1.807) is 36.0 Å². The number of fused-ring (bicyclic) bond motifs is 3. The van der Waals surface area contributed by atoms with E-state index in [9.17, 15) is 14.9 Å². The summed E-state index contributed by atoms with van der Waals surface area (Å²) in [4.78, 5) is 24.3. The Morgan fingerprint density at radius 3 is 2.49 bits per heavy atom. The van der Waals surface area contributed by atoms with E-state index < -0.39 is 0 Å². The van der Waals surface area contributed by atoms with E-state index in [2.05, 4.69) is 23.6 Å². The Hall–Kier alpha value is -3.32. The first-order chi connectivity index (χ1) is 16.8. The van der Waals surface area contributed by atoms with Gasteiger partial charge in [-0.1, -0.05) is 57.5 Å². The number of aromatic nitrogens is 1. The zero-order valence-electron chi connectivity index (χ0n) is 20.5. The lowest BCUT2D eigenvalue weighted by Crippen LogP contribution is -2.12. The van der Waals surface area contributed by atoms with Crippen molar-refractivity contribution in [2.75, 3.05) is 6.26 Å². The van der Waals surface area contributed by atoms with E-state index in [1.807, 2.05) is 38.3 Å². The average Bonchev–Trinajstić information content (AvgIpc) is 3.13. The third kappa shape index (κ3) is 5.05. The van der Waals surface area contributed by atoms with Crippen LogP contribution in [0.15, 0.2) is 59.5 Å². The van der Waals surface area contributed by atoms with Crippen LogP contribution in [0.3, 0.4) is 0 Å². The van der Waals surface area contributed by atoms with E-state index in [0.29, 0.717) is 18.7 Å². The van der Waals surface area contributed by atoms with Gasteiger partial charge in [-0.2, -0.15) is 0 Å². The number of nitrogens with zero attached hydrogens (tertiary/aromatic N) is 2. The molecule has 0 radical (unpaired) electrons. The Morgan fingerprint density at radius 1 is 1.14 bits per heavy atom. The van der Waals surface area contributed by atoms with Gasteiger partial charge in [0.15, 0.2) is 0 Å². The number of nitro groups is 1. The number of aryl methyl sites for hydroxylation is 1. The molecule has 35 heavy (non-hydrogen) atoms. The number of ether oxygens (including phenoxy) is 1. The van der Waals surface area contributed by atoms with Crippen molar-refractivity contribution in [1.29, 1.82) is 0 Å². The van der Waals surface area contributed by atoms with Gasteiger partial charge in [0.05, 0.1) is 15.3 Å². The topological polar surface area (TPSA) is 74.4 Å². The Bertz CT molecular complexity index is 1390. The van der Waals surface area contributed by atoms with Gasteiger partial charge in [0.25, 0.3) is 5.69 Å². The molecule has 0 N–H and O–H groups in total. The summed E-state index contributed by atoms with van der Waals surface area (Å²) in [6, 6.07) is 17.0. The summed E-state index contributed by atoms with van der Waals surface area (Å²) in [7, 11) is 0. The third-order valence-corrected chi connectivity index (χ3v) is 6.85. The molecular formula is C28H30N2O4S. The number of carbonyl (C=O) groups excluding carboxylic acids is 1. The largest absolute Gasteiger partial charge is 0.425 e. The van der Waals surface area contributed by atoms with Crippen LogP contribution in [0.25, 0.3) is 21.8 Å². The second kappa shape index (κ2) is 10.5. The molecule has 0 fully saturated rings. The molecule has 3 aromatic carbocycles. The molecule has 4 aromatic rings. The van der Waals surface area contributed by atoms with Crippen LogP contribution in [0.4, 0.5) is 5.69 Å². The van der Waals surface area contributed by atoms with Crippen LogP contribution in [0.1, 0.15) is 44.7 Å². The second-order valence-electron chi connectivity index (χ2n) is 9.14. The molecule has 0 aliphatic carbocycles. The fourth-order valence-electron chi connectivity index (χ4n) is 4.58. The first-order valence-electron chi connectivity index (χ1n) is 11.9. The Balaban J connectivity index is 1.96. The van der Waals surface area contributed by atoms with Crippen molar-refractivity contribution in [1.82, 2.24) is 4.57 Å². The second-order valence-corrected chi connectivity index (χ2v) is 9.96. The minimum absolute atomic E-state index is 0.0744. The number of hydrogen-bond donors (Lipinski definition) is 0. The smallest absolute Gasteiger partial charge is 0.311 e. The molecule has 0 saturated heterocycles. The van der Waals surface area contributed by atoms with Crippen molar-refractivity contribution in [3.8, 4) is 5.75 Å². The molecule has 0 unspecified atom stereocenters. The highest BCUT2D eigenvalue weighted by Crippen LogP contribution is 2.43. The van der Waals surface area contributed by atoms with Crippen LogP contribution in [-0.2, 0) is 17.8 Å². The van der Waals surface area contributed by atoms with Crippen LogP contribution in [0, 0.1) is 16.0 Å². The van der Waals surface area contributed by atoms with Crippen molar-refractivity contribution >= 4 is 45.2 Å². The van der Waals surface area contributed by atoms with E-state index in [0.717, 1.165) is 45.3 Å². The van der Waals surface area contributed by atoms with Gasteiger partial charge in [0.1, 0.15) is 5.75 Å². The molecule has 0 aliphatic rings. The summed E-state index contributed by atoms with van der Waals surface area (Å²) in [6.07, 6.45) is 4.20. The highest BCUT2D eigenvalue weighted by atomic mass is 32.2. The number of carbonyl (C=O) groups is 1. The number of benzene rings is 3. The predicted molar refractivity (Wildman–Crippen MR) is 143 cm³/mol. The van der Waals surface area contributed by atoms with Gasteiger partial charge in [-0.3, -0.25) is 14.9 Å².